The zero-order chi connectivity index (χ0) is 0. The van der Waals surface area contributed by atoms with Crippen LogP contribution in [-0.2, 0) is 52.0 Å². The summed E-state index contributed by atoms with van der Waals surface area (Å²) in [5.74, 6) is 0. The third kappa shape index (κ3) is 17.7. The third-order valence-corrected chi connectivity index (χ3v) is 0. The predicted molar refractivity (Wildman–Crippen MR) is 8.54 cm³/mol. The Hall–Kier alpha value is 5.58. The largest absolute Gasteiger partial charge is 0 e. The van der Waals surface area contributed by atoms with Gasteiger partial charge >= 0.3 is 37.7 Å². The molecule has 0 saturated carbocycles. The molecular formula is H2CaCeHfLaZr. The first-order valence-electron chi connectivity index (χ1n) is 0. The summed E-state index contributed by atoms with van der Waals surface area (Å²) in [4.78, 5) is 0. The van der Waals surface area contributed by atoms with Crippen molar-refractivity contribution in [1.29, 1.82) is 0 Å². The second kappa shape index (κ2) is 22.6. The van der Waals surface area contributed by atoms with Gasteiger partial charge in [0.05, 0.1) is 0 Å². The standard InChI is InChI=1S/Ca.Ce.Hf.La.Zr.2H. The average Bonchev–Trinajstić information content (AvgIpc) is 0. The van der Waals surface area contributed by atoms with Gasteiger partial charge in [0.1, 0.15) is 0 Å². The molecule has 0 saturated heterocycles. The Bertz CT molecular complexity index is 11.6. The van der Waals surface area contributed by atoms with Crippen LogP contribution in [0.25, 0.3) is 0 Å². The minimum absolute atomic E-state index is 0. The molecule has 0 heterocycles. The van der Waals surface area contributed by atoms with Gasteiger partial charge in [-0.1, -0.05) is 0 Å². The van der Waals surface area contributed by atoms with E-state index in [0.29, 0.717) is 0 Å². The Morgan fingerprint density at radius 3 is 1.00 bits per heavy atom. The average molecular weight is 591 g/mol. The predicted octanol–water partition coefficient (Wildman–Crippen LogP) is -0.921. The van der Waals surface area contributed by atoms with Crippen molar-refractivity contribution in [2.75, 3.05) is 0 Å². The first-order valence-corrected chi connectivity index (χ1v) is 0. The van der Waals surface area contributed by atoms with Crippen LogP contribution < -0.4 is 0 Å². The topological polar surface area (TPSA) is 0 Å². The Morgan fingerprint density at radius 2 is 1.00 bits per heavy atom. The Labute approximate surface area is 162 Å². The first-order chi connectivity index (χ1) is 0. The molecule has 0 N–H and O–H groups in total. The fourth-order valence-electron chi connectivity index (χ4n) is 0. The van der Waals surface area contributed by atoms with Crippen LogP contribution in [0, 0.1) is 77.3 Å². The molecule has 0 atom stereocenters. The van der Waals surface area contributed by atoms with Gasteiger partial charge in [-0.2, -0.15) is 0 Å². The molecule has 5 heteroatoms. The van der Waals surface area contributed by atoms with Gasteiger partial charge in [-0.05, 0) is 0 Å². The summed E-state index contributed by atoms with van der Waals surface area (Å²) in [6.07, 6.45) is 0. The van der Waals surface area contributed by atoms with Gasteiger partial charge in [-0.25, -0.2) is 0 Å². The van der Waals surface area contributed by atoms with Gasteiger partial charge in [-0.3, -0.25) is 0 Å². The summed E-state index contributed by atoms with van der Waals surface area (Å²) in [6, 6.07) is 0. The fourth-order valence-corrected chi connectivity index (χ4v) is 0. The van der Waals surface area contributed by atoms with Crippen molar-refractivity contribution in [1.82, 2.24) is 0 Å². The van der Waals surface area contributed by atoms with Gasteiger partial charge in [0.15, 0.2) is 0 Å². The number of hydrogen-bond donors (Lipinski definition) is 0. The van der Waals surface area contributed by atoms with Crippen LogP contribution in [0.15, 0.2) is 0 Å². The quantitative estimate of drug-likeness (QED) is 0.321. The van der Waals surface area contributed by atoms with Crippen molar-refractivity contribution in [2.24, 2.45) is 0 Å². The molecule has 0 spiro atoms. The van der Waals surface area contributed by atoms with Crippen LogP contribution in [0.3, 0.4) is 0 Å². The molecule has 0 nitrogen and oxygen atoms in total. The van der Waals surface area contributed by atoms with E-state index in [1.165, 1.54) is 0 Å². The van der Waals surface area contributed by atoms with Crippen molar-refractivity contribution in [3.63, 3.8) is 0 Å². The van der Waals surface area contributed by atoms with Gasteiger partial charge in [0.25, 0.3) is 0 Å². The molecule has 5 heavy (non-hydrogen) atoms. The summed E-state index contributed by atoms with van der Waals surface area (Å²) < 4.78 is 0. The van der Waals surface area contributed by atoms with Crippen LogP contribution in [0.4, 0.5) is 0 Å². The van der Waals surface area contributed by atoms with E-state index in [4.69, 9.17) is 0 Å². The summed E-state index contributed by atoms with van der Waals surface area (Å²) >= 11 is 0. The second-order valence-electron chi connectivity index (χ2n) is 0. The van der Waals surface area contributed by atoms with Crippen LogP contribution in [0.5, 0.6) is 0 Å². The molecule has 19 valence electrons. The molecule has 0 aliphatic heterocycles. The monoisotopic (exact) mass is 591 g/mol. The summed E-state index contributed by atoms with van der Waals surface area (Å²) in [7, 11) is 0. The molecule has 0 aliphatic carbocycles. The molecule has 0 rings (SSSR count). The molecule has 1 radical (unpaired) electrons. The van der Waals surface area contributed by atoms with E-state index in [1.807, 2.05) is 0 Å². The van der Waals surface area contributed by atoms with E-state index in [9.17, 15) is 0 Å². The van der Waals surface area contributed by atoms with E-state index in [1.54, 1.807) is 0 Å². The van der Waals surface area contributed by atoms with Crippen molar-refractivity contribution >= 4 is 37.7 Å². The third-order valence-electron chi connectivity index (χ3n) is 0. The van der Waals surface area contributed by atoms with Crippen molar-refractivity contribution in [3.8, 4) is 0 Å². The van der Waals surface area contributed by atoms with Gasteiger partial charge in [0, 0.05) is 129 Å². The molecule has 0 amide bonds. The van der Waals surface area contributed by atoms with E-state index < -0.39 is 0 Å². The smallest absolute Gasteiger partial charge is 0 e. The maximum atomic E-state index is 0. The van der Waals surface area contributed by atoms with Gasteiger partial charge in [0.2, 0.25) is 0 Å². The second-order valence-corrected chi connectivity index (χ2v) is 0. The minimum Gasteiger partial charge on any atom is 0 e. The van der Waals surface area contributed by atoms with Crippen molar-refractivity contribution < 1.29 is 129 Å². The van der Waals surface area contributed by atoms with Crippen molar-refractivity contribution in [3.05, 3.63) is 0 Å². The maximum Gasteiger partial charge on any atom is 0 e. The van der Waals surface area contributed by atoms with E-state index in [0.717, 1.165) is 0 Å². The Morgan fingerprint density at radius 1 is 1.00 bits per heavy atom. The molecule has 0 aromatic rings. The van der Waals surface area contributed by atoms with Crippen molar-refractivity contribution in [2.45, 2.75) is 0 Å². The molecule has 0 fully saturated rings. The Kier molecular flexibility index (Phi) is 141. The molecule has 0 aliphatic rings. The molecule has 0 bridgehead atoms. The molecular weight excluding hydrogens is 589 g/mol. The van der Waals surface area contributed by atoms with Crippen LogP contribution in [-0.4, -0.2) is 37.7 Å². The first kappa shape index (κ1) is 31.2. The fraction of sp³-hybridized carbons (Fsp3) is 0. The summed E-state index contributed by atoms with van der Waals surface area (Å²) in [5.41, 5.74) is 0. The van der Waals surface area contributed by atoms with E-state index >= 15 is 0 Å². The normalized spacial score (nSPS) is 0. The molecule has 0 aromatic heterocycles. The maximum absolute atomic E-state index is 0. The zero-order valence-electron chi connectivity index (χ0n) is 2.08. The SMILES string of the molecule is [CaH2].[Ce].[Hf].[La].[Zr]. The number of rotatable bonds is 0. The number of hydrogen-bond acceptors (Lipinski definition) is 0. The van der Waals surface area contributed by atoms with Gasteiger partial charge < -0.3 is 0 Å². The van der Waals surface area contributed by atoms with E-state index in [2.05, 4.69) is 0 Å². The molecule has 0 aromatic carbocycles. The van der Waals surface area contributed by atoms with E-state index in [-0.39, 0.29) is 167 Å². The van der Waals surface area contributed by atoms with Crippen LogP contribution in [0.1, 0.15) is 0 Å². The summed E-state index contributed by atoms with van der Waals surface area (Å²) in [5, 5.41) is 0. The Balaban J connectivity index is 0. The zero-order valence-corrected chi connectivity index (χ0v) is 14.9. The van der Waals surface area contributed by atoms with Crippen LogP contribution >= 0.6 is 0 Å². The molecule has 0 unspecified atom stereocenters. The van der Waals surface area contributed by atoms with Gasteiger partial charge in [-0.15, -0.1) is 0 Å². The van der Waals surface area contributed by atoms with Crippen LogP contribution in [0.2, 0.25) is 0 Å². The minimum atomic E-state index is 0. The summed E-state index contributed by atoms with van der Waals surface area (Å²) in [6.45, 7) is 0.